The molecule has 0 aliphatic heterocycles. The van der Waals surface area contributed by atoms with Gasteiger partial charge < -0.3 is 10.0 Å². The second kappa shape index (κ2) is 5.61. The summed E-state index contributed by atoms with van der Waals surface area (Å²) >= 11 is 0. The highest BCUT2D eigenvalue weighted by Crippen LogP contribution is 2.41. The molecule has 1 aliphatic carbocycles. The second-order valence-electron chi connectivity index (χ2n) is 5.14. The molecule has 0 aromatic heterocycles. The van der Waals surface area contributed by atoms with Crippen molar-refractivity contribution in [1.29, 1.82) is 0 Å². The molecule has 0 spiro atoms. The third kappa shape index (κ3) is 2.81. The highest BCUT2D eigenvalue weighted by molar-refractivity contribution is 5.89. The number of hydrogen-bond acceptors (Lipinski definition) is 2. The zero-order chi connectivity index (χ0) is 14.9. The van der Waals surface area contributed by atoms with Crippen molar-refractivity contribution >= 4 is 11.9 Å². The molecule has 1 aliphatic rings. The van der Waals surface area contributed by atoms with Gasteiger partial charge in [0.2, 0.25) is 5.91 Å². The molecule has 108 valence electrons. The molecule has 1 saturated carbocycles. The van der Waals surface area contributed by atoms with Crippen LogP contribution in [0.15, 0.2) is 24.3 Å². The molecule has 0 heterocycles. The van der Waals surface area contributed by atoms with Gasteiger partial charge in [0.05, 0.1) is 17.9 Å². The highest BCUT2D eigenvalue weighted by atomic mass is 19.1. The SMILES string of the molecule is CCN(C(=O)[C@@H]1C[C@@H]1C(=O)O)C(C)c1ccc(F)cc1. The minimum absolute atomic E-state index is 0.128. The molecular formula is C15H18FNO3. The molecule has 1 aromatic carbocycles. The van der Waals surface area contributed by atoms with E-state index in [-0.39, 0.29) is 17.8 Å². The first kappa shape index (κ1) is 14.5. The largest absolute Gasteiger partial charge is 0.481 e. The predicted octanol–water partition coefficient (Wildman–Crippen LogP) is 2.46. The Kier molecular flexibility index (Phi) is 4.06. The fourth-order valence-corrected chi connectivity index (χ4v) is 2.50. The Morgan fingerprint density at radius 1 is 1.35 bits per heavy atom. The van der Waals surface area contributed by atoms with Crippen molar-refractivity contribution < 1.29 is 19.1 Å². The van der Waals surface area contributed by atoms with Crippen LogP contribution >= 0.6 is 0 Å². The molecule has 1 aromatic rings. The molecule has 2 rings (SSSR count). The highest BCUT2D eigenvalue weighted by Gasteiger charge is 2.50. The van der Waals surface area contributed by atoms with Gasteiger partial charge in [-0.3, -0.25) is 9.59 Å². The van der Waals surface area contributed by atoms with Crippen molar-refractivity contribution in [2.45, 2.75) is 26.3 Å². The third-order valence-electron chi connectivity index (χ3n) is 3.87. The van der Waals surface area contributed by atoms with Crippen LogP contribution in [0, 0.1) is 17.7 Å². The monoisotopic (exact) mass is 279 g/mol. The summed E-state index contributed by atoms with van der Waals surface area (Å²) in [4.78, 5) is 24.8. The maximum absolute atomic E-state index is 12.9. The van der Waals surface area contributed by atoms with Crippen molar-refractivity contribution in [3.63, 3.8) is 0 Å². The maximum atomic E-state index is 12.9. The Hall–Kier alpha value is -1.91. The minimum atomic E-state index is -0.908. The lowest BCUT2D eigenvalue weighted by atomic mass is 10.1. The fourth-order valence-electron chi connectivity index (χ4n) is 2.50. The smallest absolute Gasteiger partial charge is 0.307 e. The summed E-state index contributed by atoms with van der Waals surface area (Å²) in [5, 5.41) is 8.90. The summed E-state index contributed by atoms with van der Waals surface area (Å²) in [5.41, 5.74) is 0.842. The molecule has 1 amide bonds. The standard InChI is InChI=1S/C15H18FNO3/c1-3-17(14(18)12-8-13(12)15(19)20)9(2)10-4-6-11(16)7-5-10/h4-7,9,12-13H,3,8H2,1-2H3,(H,19,20)/t9?,12-,13+/m1/s1. The number of aliphatic carboxylic acids is 1. The third-order valence-corrected chi connectivity index (χ3v) is 3.87. The molecule has 1 fully saturated rings. The van der Waals surface area contributed by atoms with Gasteiger partial charge in [0.25, 0.3) is 0 Å². The molecule has 0 bridgehead atoms. The Morgan fingerprint density at radius 2 is 1.95 bits per heavy atom. The van der Waals surface area contributed by atoms with E-state index >= 15 is 0 Å². The molecule has 4 nitrogen and oxygen atoms in total. The van der Waals surface area contributed by atoms with E-state index in [0.29, 0.717) is 13.0 Å². The summed E-state index contributed by atoms with van der Waals surface area (Å²) < 4.78 is 12.9. The van der Waals surface area contributed by atoms with E-state index in [9.17, 15) is 14.0 Å². The lowest BCUT2D eigenvalue weighted by molar-refractivity contribution is -0.142. The number of benzene rings is 1. The van der Waals surface area contributed by atoms with Crippen molar-refractivity contribution in [2.75, 3.05) is 6.54 Å². The van der Waals surface area contributed by atoms with Crippen LogP contribution < -0.4 is 0 Å². The molecule has 20 heavy (non-hydrogen) atoms. The van der Waals surface area contributed by atoms with Gasteiger partial charge in [-0.2, -0.15) is 0 Å². The molecule has 1 unspecified atom stereocenters. The Labute approximate surface area is 117 Å². The number of hydrogen-bond donors (Lipinski definition) is 1. The predicted molar refractivity (Wildman–Crippen MR) is 71.4 cm³/mol. The lowest BCUT2D eigenvalue weighted by Crippen LogP contribution is -2.35. The number of carboxylic acids is 1. The minimum Gasteiger partial charge on any atom is -0.481 e. The van der Waals surface area contributed by atoms with Gasteiger partial charge in [0, 0.05) is 6.54 Å². The zero-order valence-corrected chi connectivity index (χ0v) is 11.5. The summed E-state index contributed by atoms with van der Waals surface area (Å²) in [7, 11) is 0. The van der Waals surface area contributed by atoms with Crippen LogP contribution in [0.2, 0.25) is 0 Å². The van der Waals surface area contributed by atoms with E-state index in [1.54, 1.807) is 17.0 Å². The number of carboxylic acid groups (broad SMARTS) is 1. The number of carbonyl (C=O) groups is 2. The Bertz CT molecular complexity index is 514. The van der Waals surface area contributed by atoms with Crippen molar-refractivity contribution in [3.8, 4) is 0 Å². The number of carbonyl (C=O) groups excluding carboxylic acids is 1. The average Bonchev–Trinajstić information content (AvgIpc) is 3.20. The topological polar surface area (TPSA) is 57.6 Å². The van der Waals surface area contributed by atoms with E-state index in [1.165, 1.54) is 12.1 Å². The van der Waals surface area contributed by atoms with E-state index in [4.69, 9.17) is 5.11 Å². The van der Waals surface area contributed by atoms with Crippen molar-refractivity contribution in [3.05, 3.63) is 35.6 Å². The molecule has 3 atom stereocenters. The summed E-state index contributed by atoms with van der Waals surface area (Å²) in [5.74, 6) is -2.30. The number of amides is 1. The van der Waals surface area contributed by atoms with E-state index < -0.39 is 17.8 Å². The number of nitrogens with zero attached hydrogens (tertiary/aromatic N) is 1. The van der Waals surface area contributed by atoms with E-state index in [0.717, 1.165) is 5.56 Å². The van der Waals surface area contributed by atoms with Gasteiger partial charge in [-0.15, -0.1) is 0 Å². The van der Waals surface area contributed by atoms with Gasteiger partial charge in [-0.25, -0.2) is 4.39 Å². The van der Waals surface area contributed by atoms with Crippen LogP contribution in [0.1, 0.15) is 31.9 Å². The van der Waals surface area contributed by atoms with Crippen molar-refractivity contribution in [1.82, 2.24) is 4.90 Å². The maximum Gasteiger partial charge on any atom is 0.307 e. The van der Waals surface area contributed by atoms with Crippen LogP contribution in [-0.2, 0) is 9.59 Å². The number of rotatable bonds is 5. The zero-order valence-electron chi connectivity index (χ0n) is 11.5. The van der Waals surface area contributed by atoms with Gasteiger partial charge in [0.1, 0.15) is 5.82 Å². The van der Waals surface area contributed by atoms with Gasteiger partial charge >= 0.3 is 5.97 Å². The summed E-state index contributed by atoms with van der Waals surface area (Å²) in [6.07, 6.45) is 0.417. The molecule has 5 heteroatoms. The second-order valence-corrected chi connectivity index (χ2v) is 5.14. The molecule has 0 saturated heterocycles. The normalized spacial score (nSPS) is 22.1. The Balaban J connectivity index is 2.10. The first-order chi connectivity index (χ1) is 9.45. The first-order valence-electron chi connectivity index (χ1n) is 6.74. The molecule has 1 N–H and O–H groups in total. The van der Waals surface area contributed by atoms with Crippen LogP contribution in [0.5, 0.6) is 0 Å². The lowest BCUT2D eigenvalue weighted by Gasteiger charge is -2.28. The van der Waals surface area contributed by atoms with Crippen LogP contribution in [-0.4, -0.2) is 28.4 Å². The summed E-state index contributed by atoms with van der Waals surface area (Å²) in [6.45, 7) is 4.23. The van der Waals surface area contributed by atoms with Crippen LogP contribution in [0.3, 0.4) is 0 Å². The quantitative estimate of drug-likeness (QED) is 0.900. The first-order valence-corrected chi connectivity index (χ1v) is 6.74. The van der Waals surface area contributed by atoms with Gasteiger partial charge in [-0.1, -0.05) is 12.1 Å². The average molecular weight is 279 g/mol. The summed E-state index contributed by atoms with van der Waals surface area (Å²) in [6, 6.07) is 5.83. The molecular weight excluding hydrogens is 261 g/mol. The Morgan fingerprint density at radius 3 is 2.40 bits per heavy atom. The van der Waals surface area contributed by atoms with Crippen molar-refractivity contribution in [2.24, 2.45) is 11.8 Å². The van der Waals surface area contributed by atoms with Gasteiger partial charge in [0.15, 0.2) is 0 Å². The molecule has 0 radical (unpaired) electrons. The van der Waals surface area contributed by atoms with E-state index in [2.05, 4.69) is 0 Å². The fraction of sp³-hybridized carbons (Fsp3) is 0.467. The van der Waals surface area contributed by atoms with Gasteiger partial charge in [-0.05, 0) is 38.0 Å². The van der Waals surface area contributed by atoms with E-state index in [1.807, 2.05) is 13.8 Å². The van der Waals surface area contributed by atoms with Crippen LogP contribution in [0.4, 0.5) is 4.39 Å². The number of halogens is 1. The van der Waals surface area contributed by atoms with Crippen LogP contribution in [0.25, 0.3) is 0 Å².